The third-order valence-electron chi connectivity index (χ3n) is 3.92. The molecule has 0 aliphatic heterocycles. The van der Waals surface area contributed by atoms with Gasteiger partial charge in [-0.1, -0.05) is 6.07 Å². The second-order valence-electron chi connectivity index (χ2n) is 5.17. The van der Waals surface area contributed by atoms with E-state index in [1.807, 2.05) is 12.1 Å². The molecule has 0 radical (unpaired) electrons. The molecular weight excluding hydrogens is 228 g/mol. The molecule has 1 N–H and O–H groups in total. The number of rotatable bonds is 5. The van der Waals surface area contributed by atoms with Crippen LogP contribution in [0, 0.1) is 19.8 Å². The number of methoxy groups -OCH3 is 1. The maximum atomic E-state index is 11.1. The first kappa shape index (κ1) is 12.9. The van der Waals surface area contributed by atoms with E-state index in [0.29, 0.717) is 5.92 Å². The monoisotopic (exact) mass is 248 g/mol. The summed E-state index contributed by atoms with van der Waals surface area (Å²) < 4.78 is 5.43. The van der Waals surface area contributed by atoms with Crippen LogP contribution in [-0.4, -0.2) is 18.2 Å². The minimum Gasteiger partial charge on any atom is -0.496 e. The average Bonchev–Trinajstić information content (AvgIpc) is 3.13. The molecule has 2 rings (SSSR count). The number of hydrogen-bond acceptors (Lipinski definition) is 2. The lowest BCUT2D eigenvalue weighted by atomic mass is 9.85. The first-order chi connectivity index (χ1) is 8.54. The number of hydrogen-bond donors (Lipinski definition) is 1. The topological polar surface area (TPSA) is 46.5 Å². The van der Waals surface area contributed by atoms with Crippen LogP contribution >= 0.6 is 0 Å². The second kappa shape index (κ2) is 5.01. The van der Waals surface area contributed by atoms with Gasteiger partial charge in [0.2, 0.25) is 0 Å². The molecule has 0 saturated heterocycles. The first-order valence-corrected chi connectivity index (χ1v) is 6.40. The van der Waals surface area contributed by atoms with E-state index in [2.05, 4.69) is 13.8 Å². The third kappa shape index (κ3) is 2.50. The van der Waals surface area contributed by atoms with Crippen molar-refractivity contribution in [3.05, 3.63) is 28.8 Å². The molecule has 0 amide bonds. The Hall–Kier alpha value is -1.51. The molecule has 18 heavy (non-hydrogen) atoms. The zero-order valence-corrected chi connectivity index (χ0v) is 11.2. The molecule has 1 saturated carbocycles. The van der Waals surface area contributed by atoms with Crippen molar-refractivity contribution in [2.45, 2.75) is 39.0 Å². The van der Waals surface area contributed by atoms with Gasteiger partial charge in [0, 0.05) is 11.5 Å². The van der Waals surface area contributed by atoms with Crippen LogP contribution in [-0.2, 0) is 4.79 Å². The fourth-order valence-corrected chi connectivity index (χ4v) is 2.64. The van der Waals surface area contributed by atoms with Crippen molar-refractivity contribution < 1.29 is 14.6 Å². The number of aliphatic carboxylic acids is 1. The smallest absolute Gasteiger partial charge is 0.303 e. The summed E-state index contributed by atoms with van der Waals surface area (Å²) in [5.41, 5.74) is 3.47. The average molecular weight is 248 g/mol. The molecule has 0 spiro atoms. The first-order valence-electron chi connectivity index (χ1n) is 6.40. The highest BCUT2D eigenvalue weighted by Gasteiger charge is 2.36. The molecule has 0 aromatic heterocycles. The van der Waals surface area contributed by atoms with Crippen LogP contribution in [0.15, 0.2) is 12.1 Å². The molecule has 1 atom stereocenters. The van der Waals surface area contributed by atoms with Crippen LogP contribution in [0.25, 0.3) is 0 Å². The Labute approximate surface area is 108 Å². The van der Waals surface area contributed by atoms with Crippen LogP contribution in [0.1, 0.15) is 41.9 Å². The van der Waals surface area contributed by atoms with Crippen LogP contribution in [0.5, 0.6) is 5.75 Å². The number of aryl methyl sites for hydroxylation is 1. The van der Waals surface area contributed by atoms with Crippen molar-refractivity contribution in [3.63, 3.8) is 0 Å². The molecular formula is C15H20O3. The Morgan fingerprint density at radius 2 is 2.11 bits per heavy atom. The molecule has 1 fully saturated rings. The lowest BCUT2D eigenvalue weighted by molar-refractivity contribution is -0.137. The van der Waals surface area contributed by atoms with Gasteiger partial charge in [-0.15, -0.1) is 0 Å². The van der Waals surface area contributed by atoms with Crippen LogP contribution in [0.3, 0.4) is 0 Å². The van der Waals surface area contributed by atoms with E-state index in [0.717, 1.165) is 24.2 Å². The maximum absolute atomic E-state index is 11.1. The second-order valence-corrected chi connectivity index (χ2v) is 5.17. The normalized spacial score (nSPS) is 16.4. The van der Waals surface area contributed by atoms with Gasteiger partial charge in [-0.25, -0.2) is 0 Å². The Kier molecular flexibility index (Phi) is 3.60. The molecule has 1 aliphatic rings. The fraction of sp³-hybridized carbons (Fsp3) is 0.533. The maximum Gasteiger partial charge on any atom is 0.303 e. The van der Waals surface area contributed by atoms with Crippen molar-refractivity contribution in [2.75, 3.05) is 7.11 Å². The van der Waals surface area contributed by atoms with E-state index in [-0.39, 0.29) is 12.3 Å². The Balaban J connectivity index is 2.44. The van der Waals surface area contributed by atoms with Crippen molar-refractivity contribution >= 4 is 5.97 Å². The van der Waals surface area contributed by atoms with Crippen LogP contribution < -0.4 is 4.74 Å². The summed E-state index contributed by atoms with van der Waals surface area (Å²) in [7, 11) is 1.65. The van der Waals surface area contributed by atoms with Crippen LogP contribution in [0.4, 0.5) is 0 Å². The summed E-state index contributed by atoms with van der Waals surface area (Å²) >= 11 is 0. The SMILES string of the molecule is COc1ccc(C)c(C)c1C(CC(=O)O)C1CC1. The minimum atomic E-state index is -0.727. The predicted molar refractivity (Wildman–Crippen MR) is 70.2 cm³/mol. The molecule has 1 aliphatic carbocycles. The van der Waals surface area contributed by atoms with Gasteiger partial charge in [0.15, 0.2) is 0 Å². The number of ether oxygens (including phenoxy) is 1. The summed E-state index contributed by atoms with van der Waals surface area (Å²) in [6.07, 6.45) is 2.47. The number of carboxylic acids is 1. The molecule has 1 aromatic carbocycles. The van der Waals surface area contributed by atoms with E-state index < -0.39 is 5.97 Å². The molecule has 1 unspecified atom stereocenters. The molecule has 0 bridgehead atoms. The molecule has 3 heteroatoms. The van der Waals surface area contributed by atoms with Crippen LogP contribution in [0.2, 0.25) is 0 Å². The Morgan fingerprint density at radius 1 is 1.44 bits per heavy atom. The molecule has 98 valence electrons. The molecule has 0 heterocycles. The third-order valence-corrected chi connectivity index (χ3v) is 3.92. The minimum absolute atomic E-state index is 0.0948. The lowest BCUT2D eigenvalue weighted by Crippen LogP contribution is -2.12. The summed E-state index contributed by atoms with van der Waals surface area (Å²) in [4.78, 5) is 11.1. The summed E-state index contributed by atoms with van der Waals surface area (Å²) in [6.45, 7) is 4.12. The van der Waals surface area contributed by atoms with E-state index in [1.165, 1.54) is 11.1 Å². The summed E-state index contributed by atoms with van der Waals surface area (Å²) in [5, 5.41) is 9.10. The largest absolute Gasteiger partial charge is 0.496 e. The predicted octanol–water partition coefficient (Wildman–Crippen LogP) is 3.28. The lowest BCUT2D eigenvalue weighted by Gasteiger charge is -2.21. The van der Waals surface area contributed by atoms with Crippen molar-refractivity contribution in [1.29, 1.82) is 0 Å². The summed E-state index contributed by atoms with van der Waals surface area (Å²) in [5.74, 6) is 0.707. The van der Waals surface area contributed by atoms with Gasteiger partial charge in [-0.3, -0.25) is 4.79 Å². The highest BCUT2D eigenvalue weighted by molar-refractivity contribution is 5.69. The highest BCUT2D eigenvalue weighted by Crippen LogP contribution is 2.48. The fourth-order valence-electron chi connectivity index (χ4n) is 2.64. The highest BCUT2D eigenvalue weighted by atomic mass is 16.5. The number of carbonyl (C=O) groups is 1. The van der Waals surface area contributed by atoms with E-state index >= 15 is 0 Å². The van der Waals surface area contributed by atoms with Gasteiger partial charge in [0.05, 0.1) is 13.5 Å². The van der Waals surface area contributed by atoms with Gasteiger partial charge in [-0.05, 0) is 49.8 Å². The van der Waals surface area contributed by atoms with Gasteiger partial charge >= 0.3 is 5.97 Å². The molecule has 1 aromatic rings. The molecule has 3 nitrogen and oxygen atoms in total. The van der Waals surface area contributed by atoms with Crippen molar-refractivity contribution in [3.8, 4) is 5.75 Å². The summed E-state index contributed by atoms with van der Waals surface area (Å²) in [6, 6.07) is 3.98. The van der Waals surface area contributed by atoms with E-state index in [1.54, 1.807) is 7.11 Å². The standard InChI is InChI=1S/C15H20O3/c1-9-4-7-13(18-3)15(10(9)2)12(8-14(16)17)11-5-6-11/h4,7,11-12H,5-6,8H2,1-3H3,(H,16,17). The zero-order valence-electron chi connectivity index (χ0n) is 11.2. The van der Waals surface area contributed by atoms with Crippen molar-refractivity contribution in [2.24, 2.45) is 5.92 Å². The Bertz CT molecular complexity index is 461. The van der Waals surface area contributed by atoms with Gasteiger partial charge in [0.25, 0.3) is 0 Å². The Morgan fingerprint density at radius 3 is 2.61 bits per heavy atom. The zero-order chi connectivity index (χ0) is 13.3. The van der Waals surface area contributed by atoms with E-state index in [4.69, 9.17) is 9.84 Å². The number of carboxylic acid groups (broad SMARTS) is 1. The van der Waals surface area contributed by atoms with Gasteiger partial charge in [-0.2, -0.15) is 0 Å². The van der Waals surface area contributed by atoms with Gasteiger partial charge < -0.3 is 9.84 Å². The number of benzene rings is 1. The van der Waals surface area contributed by atoms with Crippen molar-refractivity contribution in [1.82, 2.24) is 0 Å². The van der Waals surface area contributed by atoms with Gasteiger partial charge in [0.1, 0.15) is 5.75 Å². The van der Waals surface area contributed by atoms with E-state index in [9.17, 15) is 4.79 Å². The quantitative estimate of drug-likeness (QED) is 0.869.